The summed E-state index contributed by atoms with van der Waals surface area (Å²) in [7, 11) is 2.20. The van der Waals surface area contributed by atoms with Crippen LogP contribution in [0.5, 0.6) is 0 Å². The van der Waals surface area contributed by atoms with Gasteiger partial charge in [-0.05, 0) is 50.8 Å². The van der Waals surface area contributed by atoms with Crippen molar-refractivity contribution in [2.75, 3.05) is 13.6 Å². The number of hydrogen-bond acceptors (Lipinski definition) is 3. The molecule has 0 aliphatic heterocycles. The molecule has 0 spiro atoms. The molecule has 3 heteroatoms. The van der Waals surface area contributed by atoms with E-state index < -0.39 is 0 Å². The van der Waals surface area contributed by atoms with Gasteiger partial charge in [0.1, 0.15) is 0 Å². The number of pyridine rings is 1. The topological polar surface area (TPSA) is 42.1 Å². The van der Waals surface area contributed by atoms with Crippen molar-refractivity contribution in [2.24, 2.45) is 11.7 Å². The van der Waals surface area contributed by atoms with Crippen LogP contribution in [-0.2, 0) is 6.54 Å². The molecule has 1 saturated carbocycles. The Morgan fingerprint density at radius 1 is 1.37 bits per heavy atom. The van der Waals surface area contributed by atoms with Crippen LogP contribution in [0.15, 0.2) is 24.4 Å². The zero-order valence-electron chi connectivity index (χ0n) is 12.3. The van der Waals surface area contributed by atoms with Crippen LogP contribution in [0.1, 0.15) is 44.7 Å². The first-order chi connectivity index (χ1) is 9.20. The van der Waals surface area contributed by atoms with Gasteiger partial charge in [0.15, 0.2) is 0 Å². The molecule has 0 bridgehead atoms. The van der Waals surface area contributed by atoms with Crippen LogP contribution in [0.2, 0.25) is 0 Å². The lowest BCUT2D eigenvalue weighted by Crippen LogP contribution is -2.53. The lowest BCUT2D eigenvalue weighted by Gasteiger charge is -2.46. The lowest BCUT2D eigenvalue weighted by molar-refractivity contribution is 0.0570. The van der Waals surface area contributed by atoms with E-state index in [1.54, 1.807) is 0 Å². The zero-order chi connectivity index (χ0) is 13.7. The fourth-order valence-corrected chi connectivity index (χ4v) is 3.27. The van der Waals surface area contributed by atoms with E-state index in [4.69, 9.17) is 5.73 Å². The SMILES string of the molecule is CCC1CCC(CN)(N(C)Cc2ccccn2)CC1. The van der Waals surface area contributed by atoms with Crippen molar-refractivity contribution in [1.82, 2.24) is 9.88 Å². The average Bonchev–Trinajstić information content (AvgIpc) is 2.48. The summed E-state index contributed by atoms with van der Waals surface area (Å²) in [5.41, 5.74) is 7.44. The van der Waals surface area contributed by atoms with Crippen LogP contribution >= 0.6 is 0 Å². The van der Waals surface area contributed by atoms with E-state index in [0.29, 0.717) is 0 Å². The molecular weight excluding hydrogens is 234 g/mol. The zero-order valence-corrected chi connectivity index (χ0v) is 12.3. The number of rotatable bonds is 5. The van der Waals surface area contributed by atoms with Gasteiger partial charge in [-0.1, -0.05) is 19.4 Å². The predicted octanol–water partition coefficient (Wildman–Crippen LogP) is 2.81. The molecule has 106 valence electrons. The highest BCUT2D eigenvalue weighted by atomic mass is 15.2. The highest BCUT2D eigenvalue weighted by Crippen LogP contribution is 2.37. The summed E-state index contributed by atoms with van der Waals surface area (Å²) in [4.78, 5) is 6.86. The van der Waals surface area contributed by atoms with Crippen LogP contribution in [0.3, 0.4) is 0 Å². The molecule has 1 aliphatic rings. The Bertz CT molecular complexity index is 369. The fraction of sp³-hybridized carbons (Fsp3) is 0.688. The predicted molar refractivity (Wildman–Crippen MR) is 79.7 cm³/mol. The molecule has 2 N–H and O–H groups in total. The Hall–Kier alpha value is -0.930. The van der Waals surface area contributed by atoms with Gasteiger partial charge in [0.05, 0.1) is 5.69 Å². The van der Waals surface area contributed by atoms with E-state index in [9.17, 15) is 0 Å². The minimum atomic E-state index is 0.184. The van der Waals surface area contributed by atoms with E-state index in [-0.39, 0.29) is 5.54 Å². The maximum Gasteiger partial charge on any atom is 0.0544 e. The molecule has 0 saturated heterocycles. The van der Waals surface area contributed by atoms with Crippen molar-refractivity contribution in [3.8, 4) is 0 Å². The molecule has 0 atom stereocenters. The van der Waals surface area contributed by atoms with Gasteiger partial charge in [0.25, 0.3) is 0 Å². The quantitative estimate of drug-likeness (QED) is 0.886. The summed E-state index contributed by atoms with van der Waals surface area (Å²) in [6, 6.07) is 6.12. The van der Waals surface area contributed by atoms with Crippen LogP contribution in [0.25, 0.3) is 0 Å². The second kappa shape index (κ2) is 6.49. The highest BCUT2D eigenvalue weighted by molar-refractivity contribution is 5.05. The van der Waals surface area contributed by atoms with Crippen LogP contribution < -0.4 is 5.73 Å². The third-order valence-corrected chi connectivity index (χ3v) is 4.93. The second-order valence-corrected chi connectivity index (χ2v) is 5.96. The van der Waals surface area contributed by atoms with E-state index in [1.807, 2.05) is 12.3 Å². The molecule has 0 unspecified atom stereocenters. The maximum absolute atomic E-state index is 6.12. The van der Waals surface area contributed by atoms with Gasteiger partial charge >= 0.3 is 0 Å². The van der Waals surface area contributed by atoms with Crippen LogP contribution in [0, 0.1) is 5.92 Å². The molecule has 1 aromatic heterocycles. The first-order valence-corrected chi connectivity index (χ1v) is 7.51. The van der Waals surface area contributed by atoms with Gasteiger partial charge < -0.3 is 5.73 Å². The number of hydrogen-bond donors (Lipinski definition) is 1. The van der Waals surface area contributed by atoms with Gasteiger partial charge in [-0.3, -0.25) is 9.88 Å². The standard InChI is InChI=1S/C16H27N3/c1-3-14-7-9-16(13-17,10-8-14)19(2)12-15-6-4-5-11-18-15/h4-6,11,14H,3,7-10,12-13,17H2,1-2H3. The fourth-order valence-electron chi connectivity index (χ4n) is 3.27. The lowest BCUT2D eigenvalue weighted by atomic mass is 9.74. The highest BCUT2D eigenvalue weighted by Gasteiger charge is 2.37. The second-order valence-electron chi connectivity index (χ2n) is 5.96. The Morgan fingerprint density at radius 2 is 2.11 bits per heavy atom. The minimum absolute atomic E-state index is 0.184. The van der Waals surface area contributed by atoms with Gasteiger partial charge in [0.2, 0.25) is 0 Å². The molecule has 0 aromatic carbocycles. The third-order valence-electron chi connectivity index (χ3n) is 4.93. The van der Waals surface area contributed by atoms with Crippen molar-refractivity contribution in [2.45, 2.75) is 51.1 Å². The van der Waals surface area contributed by atoms with E-state index >= 15 is 0 Å². The first-order valence-electron chi connectivity index (χ1n) is 7.51. The third kappa shape index (κ3) is 3.34. The van der Waals surface area contributed by atoms with Crippen molar-refractivity contribution >= 4 is 0 Å². The number of aromatic nitrogens is 1. The molecule has 19 heavy (non-hydrogen) atoms. The van der Waals surface area contributed by atoms with E-state index in [2.05, 4.69) is 36.0 Å². The molecule has 1 aliphatic carbocycles. The first kappa shape index (κ1) is 14.5. The average molecular weight is 261 g/mol. The molecule has 1 aromatic rings. The summed E-state index contributed by atoms with van der Waals surface area (Å²) in [5, 5.41) is 0. The Morgan fingerprint density at radius 3 is 2.63 bits per heavy atom. The summed E-state index contributed by atoms with van der Waals surface area (Å²) >= 11 is 0. The molecule has 2 rings (SSSR count). The Kier molecular flexibility index (Phi) is 4.94. The number of nitrogens with zero attached hydrogens (tertiary/aromatic N) is 2. The molecular formula is C16H27N3. The molecule has 1 fully saturated rings. The van der Waals surface area contributed by atoms with Crippen LogP contribution in [-0.4, -0.2) is 29.0 Å². The van der Waals surface area contributed by atoms with Crippen molar-refractivity contribution in [3.63, 3.8) is 0 Å². The molecule has 3 nitrogen and oxygen atoms in total. The summed E-state index contributed by atoms with van der Waals surface area (Å²) in [6.07, 6.45) is 8.27. The number of nitrogens with two attached hydrogens (primary N) is 1. The van der Waals surface area contributed by atoms with E-state index in [0.717, 1.165) is 24.7 Å². The largest absolute Gasteiger partial charge is 0.329 e. The smallest absolute Gasteiger partial charge is 0.0544 e. The number of likely N-dealkylation sites (N-methyl/N-ethyl adjacent to an activating group) is 1. The summed E-state index contributed by atoms with van der Waals surface area (Å²) in [5.74, 6) is 0.905. The normalized spacial score (nSPS) is 27.7. The van der Waals surface area contributed by atoms with Gasteiger partial charge in [0, 0.05) is 24.8 Å². The minimum Gasteiger partial charge on any atom is -0.329 e. The molecule has 1 heterocycles. The van der Waals surface area contributed by atoms with Crippen molar-refractivity contribution in [1.29, 1.82) is 0 Å². The van der Waals surface area contributed by atoms with Crippen molar-refractivity contribution < 1.29 is 0 Å². The van der Waals surface area contributed by atoms with Crippen LogP contribution in [0.4, 0.5) is 0 Å². The monoisotopic (exact) mass is 261 g/mol. The molecule has 0 amide bonds. The summed E-state index contributed by atoms with van der Waals surface area (Å²) < 4.78 is 0. The molecule has 0 radical (unpaired) electrons. The van der Waals surface area contributed by atoms with Crippen molar-refractivity contribution in [3.05, 3.63) is 30.1 Å². The summed E-state index contributed by atoms with van der Waals surface area (Å²) in [6.45, 7) is 3.96. The van der Waals surface area contributed by atoms with Gasteiger partial charge in [-0.15, -0.1) is 0 Å². The Balaban J connectivity index is 2.01. The maximum atomic E-state index is 6.12. The van der Waals surface area contributed by atoms with Gasteiger partial charge in [-0.25, -0.2) is 0 Å². The van der Waals surface area contributed by atoms with E-state index in [1.165, 1.54) is 32.1 Å². The Labute approximate surface area is 117 Å². The van der Waals surface area contributed by atoms with Gasteiger partial charge in [-0.2, -0.15) is 0 Å².